The molecule has 1 aromatic carbocycles. The van der Waals surface area contributed by atoms with Crippen LogP contribution >= 0.6 is 0 Å². The topological polar surface area (TPSA) is 83.6 Å². The SMILES string of the molecule is Cc1c(O)ccc(-c2cc(C(=O)O)no2)c1C. The molecule has 0 saturated carbocycles. The fourth-order valence-corrected chi connectivity index (χ4v) is 1.58. The lowest BCUT2D eigenvalue weighted by Crippen LogP contribution is -1.94. The summed E-state index contributed by atoms with van der Waals surface area (Å²) in [5.74, 6) is -0.555. The minimum absolute atomic E-state index is 0.134. The lowest BCUT2D eigenvalue weighted by molar-refractivity contribution is 0.0686. The zero-order valence-corrected chi connectivity index (χ0v) is 9.39. The first-order valence-electron chi connectivity index (χ1n) is 5.00. The molecule has 1 heterocycles. The van der Waals surface area contributed by atoms with Gasteiger partial charge in [0.05, 0.1) is 0 Å². The van der Waals surface area contributed by atoms with Gasteiger partial charge in [-0.05, 0) is 37.1 Å². The number of carboxylic acid groups (broad SMARTS) is 1. The van der Waals surface area contributed by atoms with Gasteiger partial charge in [-0.2, -0.15) is 0 Å². The van der Waals surface area contributed by atoms with E-state index in [4.69, 9.17) is 9.63 Å². The highest BCUT2D eigenvalue weighted by atomic mass is 16.5. The standard InChI is InChI=1S/C12H11NO4/c1-6-7(2)10(14)4-3-8(6)11-5-9(12(15)16)13-17-11/h3-5,14H,1-2H3,(H,15,16). The number of hydrogen-bond donors (Lipinski definition) is 2. The molecule has 0 spiro atoms. The molecule has 17 heavy (non-hydrogen) atoms. The minimum Gasteiger partial charge on any atom is -0.508 e. The molecule has 0 fully saturated rings. The van der Waals surface area contributed by atoms with Gasteiger partial charge >= 0.3 is 5.97 Å². The molecule has 0 unspecified atom stereocenters. The van der Waals surface area contributed by atoms with Crippen LogP contribution in [-0.2, 0) is 0 Å². The van der Waals surface area contributed by atoms with Crippen LogP contribution in [0.1, 0.15) is 21.6 Å². The summed E-state index contributed by atoms with van der Waals surface area (Å²) in [5, 5.41) is 21.7. The molecule has 0 bridgehead atoms. The van der Waals surface area contributed by atoms with Gasteiger partial charge < -0.3 is 14.7 Å². The Hall–Kier alpha value is -2.30. The van der Waals surface area contributed by atoms with Crippen LogP contribution in [0.3, 0.4) is 0 Å². The highest BCUT2D eigenvalue weighted by molar-refractivity contribution is 5.86. The summed E-state index contributed by atoms with van der Waals surface area (Å²) in [6.07, 6.45) is 0. The van der Waals surface area contributed by atoms with Gasteiger partial charge in [0.25, 0.3) is 0 Å². The Labute approximate surface area is 97.3 Å². The molecule has 1 aromatic heterocycles. The molecule has 5 heteroatoms. The van der Waals surface area contributed by atoms with Gasteiger partial charge in [0, 0.05) is 11.6 Å². The van der Waals surface area contributed by atoms with E-state index in [0.717, 1.165) is 16.7 Å². The average Bonchev–Trinajstić information content (AvgIpc) is 2.75. The van der Waals surface area contributed by atoms with E-state index >= 15 is 0 Å². The summed E-state index contributed by atoms with van der Waals surface area (Å²) in [7, 11) is 0. The predicted octanol–water partition coefficient (Wildman–Crippen LogP) is 2.36. The number of hydrogen-bond acceptors (Lipinski definition) is 4. The molecular weight excluding hydrogens is 222 g/mol. The van der Waals surface area contributed by atoms with Crippen LogP contribution in [-0.4, -0.2) is 21.3 Å². The number of phenolic OH excluding ortho intramolecular Hbond substituents is 1. The van der Waals surface area contributed by atoms with E-state index in [2.05, 4.69) is 5.16 Å². The second kappa shape index (κ2) is 3.93. The van der Waals surface area contributed by atoms with Crippen molar-refractivity contribution in [1.82, 2.24) is 5.16 Å². The van der Waals surface area contributed by atoms with E-state index in [1.807, 2.05) is 6.92 Å². The number of benzene rings is 1. The van der Waals surface area contributed by atoms with Crippen LogP contribution in [0.4, 0.5) is 0 Å². The maximum atomic E-state index is 10.7. The monoisotopic (exact) mass is 233 g/mol. The summed E-state index contributed by atoms with van der Waals surface area (Å²) in [4.78, 5) is 10.7. The quantitative estimate of drug-likeness (QED) is 0.831. The maximum absolute atomic E-state index is 10.7. The third kappa shape index (κ3) is 1.87. The molecule has 88 valence electrons. The Morgan fingerprint density at radius 2 is 2.00 bits per heavy atom. The van der Waals surface area contributed by atoms with E-state index in [9.17, 15) is 9.90 Å². The van der Waals surface area contributed by atoms with Crippen molar-refractivity contribution in [2.24, 2.45) is 0 Å². The number of aromatic nitrogens is 1. The van der Waals surface area contributed by atoms with Gasteiger partial charge in [-0.25, -0.2) is 4.79 Å². The molecule has 0 radical (unpaired) electrons. The van der Waals surface area contributed by atoms with Crippen LogP contribution < -0.4 is 0 Å². The second-order valence-electron chi connectivity index (χ2n) is 3.76. The molecule has 0 aliphatic heterocycles. The highest BCUT2D eigenvalue weighted by Gasteiger charge is 2.15. The van der Waals surface area contributed by atoms with E-state index in [1.165, 1.54) is 6.07 Å². The number of carbonyl (C=O) groups is 1. The summed E-state index contributed by atoms with van der Waals surface area (Å²) < 4.78 is 4.98. The fraction of sp³-hybridized carbons (Fsp3) is 0.167. The van der Waals surface area contributed by atoms with Gasteiger partial charge in [-0.3, -0.25) is 0 Å². The van der Waals surface area contributed by atoms with Crippen molar-refractivity contribution in [3.63, 3.8) is 0 Å². The number of phenols is 1. The van der Waals surface area contributed by atoms with Crippen molar-refractivity contribution in [2.75, 3.05) is 0 Å². The van der Waals surface area contributed by atoms with E-state index in [-0.39, 0.29) is 11.4 Å². The molecule has 0 atom stereocenters. The Bertz CT molecular complexity index is 586. The molecule has 2 aromatic rings. The number of rotatable bonds is 2. The van der Waals surface area contributed by atoms with Crippen molar-refractivity contribution in [3.8, 4) is 17.1 Å². The van der Waals surface area contributed by atoms with Gasteiger partial charge in [0.1, 0.15) is 5.75 Å². The first kappa shape index (κ1) is 11.2. The van der Waals surface area contributed by atoms with Crippen LogP contribution in [0.5, 0.6) is 5.75 Å². The first-order chi connectivity index (χ1) is 8.00. The third-order valence-corrected chi connectivity index (χ3v) is 2.75. The maximum Gasteiger partial charge on any atom is 0.358 e. The number of nitrogens with zero attached hydrogens (tertiary/aromatic N) is 1. The molecule has 0 amide bonds. The highest BCUT2D eigenvalue weighted by Crippen LogP contribution is 2.30. The second-order valence-corrected chi connectivity index (χ2v) is 3.76. The van der Waals surface area contributed by atoms with E-state index in [1.54, 1.807) is 19.1 Å². The number of aromatic carboxylic acids is 1. The Kier molecular flexibility index (Phi) is 2.59. The molecular formula is C12H11NO4. The van der Waals surface area contributed by atoms with Gasteiger partial charge in [0.15, 0.2) is 11.5 Å². The van der Waals surface area contributed by atoms with Crippen molar-refractivity contribution >= 4 is 5.97 Å². The summed E-state index contributed by atoms with van der Waals surface area (Å²) in [5.41, 5.74) is 2.15. The van der Waals surface area contributed by atoms with Gasteiger partial charge in [0.2, 0.25) is 0 Å². The lowest BCUT2D eigenvalue weighted by Gasteiger charge is -2.06. The molecule has 0 aliphatic rings. The third-order valence-electron chi connectivity index (χ3n) is 2.75. The number of aromatic hydroxyl groups is 1. The van der Waals surface area contributed by atoms with Crippen molar-refractivity contribution in [2.45, 2.75) is 13.8 Å². The van der Waals surface area contributed by atoms with Crippen LogP contribution in [0.15, 0.2) is 22.7 Å². The Balaban J connectivity index is 2.53. The van der Waals surface area contributed by atoms with Gasteiger partial charge in [-0.1, -0.05) is 5.16 Å². The zero-order valence-electron chi connectivity index (χ0n) is 9.39. The molecule has 0 aliphatic carbocycles. The van der Waals surface area contributed by atoms with Crippen molar-refractivity contribution in [1.29, 1.82) is 0 Å². The Morgan fingerprint density at radius 3 is 2.59 bits per heavy atom. The summed E-state index contributed by atoms with van der Waals surface area (Å²) >= 11 is 0. The molecule has 0 saturated heterocycles. The van der Waals surface area contributed by atoms with Crippen molar-refractivity contribution < 1.29 is 19.5 Å². The van der Waals surface area contributed by atoms with Crippen LogP contribution in [0.25, 0.3) is 11.3 Å². The van der Waals surface area contributed by atoms with Gasteiger partial charge in [-0.15, -0.1) is 0 Å². The van der Waals surface area contributed by atoms with E-state index in [0.29, 0.717) is 5.76 Å². The fourth-order valence-electron chi connectivity index (χ4n) is 1.58. The lowest BCUT2D eigenvalue weighted by atomic mass is 10.0. The zero-order chi connectivity index (χ0) is 12.6. The van der Waals surface area contributed by atoms with E-state index < -0.39 is 5.97 Å². The normalized spacial score (nSPS) is 10.5. The molecule has 2 N–H and O–H groups in total. The largest absolute Gasteiger partial charge is 0.508 e. The molecule has 5 nitrogen and oxygen atoms in total. The first-order valence-corrected chi connectivity index (χ1v) is 5.00. The smallest absolute Gasteiger partial charge is 0.358 e. The minimum atomic E-state index is -1.13. The summed E-state index contributed by atoms with van der Waals surface area (Å²) in [6.45, 7) is 3.61. The van der Waals surface area contributed by atoms with Crippen LogP contribution in [0, 0.1) is 13.8 Å². The number of carboxylic acids is 1. The Morgan fingerprint density at radius 1 is 1.29 bits per heavy atom. The molecule has 2 rings (SSSR count). The summed E-state index contributed by atoms with van der Waals surface area (Å²) in [6, 6.07) is 4.57. The van der Waals surface area contributed by atoms with Crippen molar-refractivity contribution in [3.05, 3.63) is 35.0 Å². The predicted molar refractivity (Wildman–Crippen MR) is 60.0 cm³/mol. The van der Waals surface area contributed by atoms with Crippen LogP contribution in [0.2, 0.25) is 0 Å². The average molecular weight is 233 g/mol.